The van der Waals surface area contributed by atoms with Crippen molar-refractivity contribution in [2.75, 3.05) is 26.8 Å². The molecule has 1 aromatic rings. The standard InChI is InChI=1S/C16H26N2O3.ClH/c1-13(14-7-4-3-5-8-14)21-10-6-9-18-16(19)11-15(12-17)20-2;/h3-5,7-8,13,15H,6,9-12,17H2,1-2H3,(H,18,19);1H. The van der Waals surface area contributed by atoms with Gasteiger partial charge in [-0.2, -0.15) is 0 Å². The molecule has 0 aliphatic carbocycles. The summed E-state index contributed by atoms with van der Waals surface area (Å²) in [5.41, 5.74) is 6.63. The van der Waals surface area contributed by atoms with Crippen molar-refractivity contribution in [1.29, 1.82) is 0 Å². The number of hydrogen-bond acceptors (Lipinski definition) is 4. The van der Waals surface area contributed by atoms with E-state index in [0.29, 0.717) is 26.1 Å². The van der Waals surface area contributed by atoms with Crippen molar-refractivity contribution >= 4 is 18.3 Å². The third kappa shape index (κ3) is 8.34. The molecule has 0 aliphatic heterocycles. The van der Waals surface area contributed by atoms with Gasteiger partial charge in [0.05, 0.1) is 18.6 Å². The second kappa shape index (κ2) is 12.4. The van der Waals surface area contributed by atoms with Crippen LogP contribution in [0.2, 0.25) is 0 Å². The lowest BCUT2D eigenvalue weighted by Gasteiger charge is -2.14. The van der Waals surface area contributed by atoms with E-state index in [0.717, 1.165) is 12.0 Å². The van der Waals surface area contributed by atoms with Gasteiger partial charge in [0.15, 0.2) is 0 Å². The monoisotopic (exact) mass is 330 g/mol. The first-order valence-electron chi connectivity index (χ1n) is 7.33. The Balaban J connectivity index is 0.00000441. The number of benzene rings is 1. The number of nitrogens with one attached hydrogen (secondary N) is 1. The first kappa shape index (κ1) is 20.9. The summed E-state index contributed by atoms with van der Waals surface area (Å²) in [5.74, 6) is -0.0385. The van der Waals surface area contributed by atoms with E-state index in [1.165, 1.54) is 0 Å². The zero-order valence-electron chi connectivity index (χ0n) is 13.3. The summed E-state index contributed by atoms with van der Waals surface area (Å²) < 4.78 is 10.8. The van der Waals surface area contributed by atoms with Gasteiger partial charge in [-0.15, -0.1) is 12.4 Å². The van der Waals surface area contributed by atoms with Crippen LogP contribution in [0.3, 0.4) is 0 Å². The summed E-state index contributed by atoms with van der Waals surface area (Å²) in [7, 11) is 1.56. The van der Waals surface area contributed by atoms with Crippen LogP contribution in [0.5, 0.6) is 0 Å². The molecular formula is C16H27ClN2O3. The Hall–Kier alpha value is -1.14. The van der Waals surface area contributed by atoms with Crippen LogP contribution < -0.4 is 11.1 Å². The number of carbonyl (C=O) groups excluding carboxylic acids is 1. The predicted octanol–water partition coefficient (Wildman–Crippen LogP) is 2.06. The maximum atomic E-state index is 11.6. The van der Waals surface area contributed by atoms with E-state index in [1.54, 1.807) is 7.11 Å². The molecular weight excluding hydrogens is 304 g/mol. The van der Waals surface area contributed by atoms with E-state index >= 15 is 0 Å². The molecule has 0 spiro atoms. The largest absolute Gasteiger partial charge is 0.380 e. The van der Waals surface area contributed by atoms with E-state index < -0.39 is 0 Å². The molecule has 2 unspecified atom stereocenters. The summed E-state index contributed by atoms with van der Waals surface area (Å²) in [5, 5.41) is 2.84. The molecule has 1 rings (SSSR count). The summed E-state index contributed by atoms with van der Waals surface area (Å²) in [6, 6.07) is 10.1. The average Bonchev–Trinajstić information content (AvgIpc) is 2.52. The molecule has 0 saturated carbocycles. The third-order valence-corrected chi connectivity index (χ3v) is 3.29. The molecule has 0 radical (unpaired) electrons. The fraction of sp³-hybridized carbons (Fsp3) is 0.562. The van der Waals surface area contributed by atoms with E-state index in [9.17, 15) is 4.79 Å². The molecule has 0 bridgehead atoms. The smallest absolute Gasteiger partial charge is 0.222 e. The minimum Gasteiger partial charge on any atom is -0.380 e. The van der Waals surface area contributed by atoms with Crippen molar-refractivity contribution in [3.05, 3.63) is 35.9 Å². The van der Waals surface area contributed by atoms with E-state index in [2.05, 4.69) is 5.32 Å². The molecule has 0 aliphatic rings. The number of hydrogen-bond donors (Lipinski definition) is 2. The maximum absolute atomic E-state index is 11.6. The lowest BCUT2D eigenvalue weighted by Crippen LogP contribution is -2.32. The molecule has 0 fully saturated rings. The molecule has 126 valence electrons. The third-order valence-electron chi connectivity index (χ3n) is 3.29. The fourth-order valence-electron chi connectivity index (χ4n) is 1.92. The fourth-order valence-corrected chi connectivity index (χ4v) is 1.92. The average molecular weight is 331 g/mol. The minimum atomic E-state index is -0.209. The van der Waals surface area contributed by atoms with Crippen molar-refractivity contribution < 1.29 is 14.3 Å². The number of ether oxygens (including phenoxy) is 2. The Morgan fingerprint density at radius 2 is 2.00 bits per heavy atom. The van der Waals surface area contributed by atoms with Crippen molar-refractivity contribution in [3.8, 4) is 0 Å². The Kier molecular flexibility index (Phi) is 11.8. The van der Waals surface area contributed by atoms with Gasteiger partial charge in [-0.05, 0) is 18.9 Å². The number of carbonyl (C=O) groups is 1. The van der Waals surface area contributed by atoms with Gasteiger partial charge in [-0.3, -0.25) is 4.79 Å². The van der Waals surface area contributed by atoms with Gasteiger partial charge in [0, 0.05) is 26.8 Å². The van der Waals surface area contributed by atoms with Crippen molar-refractivity contribution in [2.24, 2.45) is 5.73 Å². The zero-order chi connectivity index (χ0) is 15.5. The SMILES string of the molecule is COC(CN)CC(=O)NCCCOC(C)c1ccccc1.Cl. The lowest BCUT2D eigenvalue weighted by atomic mass is 10.1. The number of amides is 1. The van der Waals surface area contributed by atoms with Gasteiger partial charge >= 0.3 is 0 Å². The van der Waals surface area contributed by atoms with Crippen molar-refractivity contribution in [2.45, 2.75) is 32.0 Å². The van der Waals surface area contributed by atoms with Gasteiger partial charge in [-0.25, -0.2) is 0 Å². The van der Waals surface area contributed by atoms with Crippen LogP contribution in [0, 0.1) is 0 Å². The quantitative estimate of drug-likeness (QED) is 0.644. The second-order valence-corrected chi connectivity index (χ2v) is 4.92. The molecule has 1 aromatic carbocycles. The highest BCUT2D eigenvalue weighted by Gasteiger charge is 2.10. The Morgan fingerprint density at radius 3 is 2.59 bits per heavy atom. The highest BCUT2D eigenvalue weighted by atomic mass is 35.5. The van der Waals surface area contributed by atoms with Crippen molar-refractivity contribution in [3.63, 3.8) is 0 Å². The first-order chi connectivity index (χ1) is 10.2. The first-order valence-corrected chi connectivity index (χ1v) is 7.33. The number of methoxy groups -OCH3 is 1. The summed E-state index contributed by atoms with van der Waals surface area (Å²) in [6.45, 7) is 3.59. The van der Waals surface area contributed by atoms with Crippen LogP contribution in [0.4, 0.5) is 0 Å². The highest BCUT2D eigenvalue weighted by molar-refractivity contribution is 5.85. The van der Waals surface area contributed by atoms with Gasteiger partial charge < -0.3 is 20.5 Å². The van der Waals surface area contributed by atoms with Crippen LogP contribution >= 0.6 is 12.4 Å². The normalized spacial score (nSPS) is 13.0. The summed E-state index contributed by atoms with van der Waals surface area (Å²) >= 11 is 0. The maximum Gasteiger partial charge on any atom is 0.222 e. The molecule has 22 heavy (non-hydrogen) atoms. The van der Waals surface area contributed by atoms with Crippen LogP contribution in [-0.2, 0) is 14.3 Å². The zero-order valence-corrected chi connectivity index (χ0v) is 14.1. The van der Waals surface area contributed by atoms with E-state index in [-0.39, 0.29) is 30.5 Å². The van der Waals surface area contributed by atoms with Crippen LogP contribution in [0.1, 0.15) is 31.4 Å². The molecule has 3 N–H and O–H groups in total. The van der Waals surface area contributed by atoms with Crippen LogP contribution in [-0.4, -0.2) is 38.8 Å². The van der Waals surface area contributed by atoms with Gasteiger partial charge in [0.2, 0.25) is 5.91 Å². The molecule has 5 nitrogen and oxygen atoms in total. The summed E-state index contributed by atoms with van der Waals surface area (Å²) in [6.07, 6.45) is 0.939. The summed E-state index contributed by atoms with van der Waals surface area (Å²) in [4.78, 5) is 11.6. The van der Waals surface area contributed by atoms with E-state index in [4.69, 9.17) is 15.2 Å². The number of nitrogens with two attached hydrogens (primary N) is 1. The highest BCUT2D eigenvalue weighted by Crippen LogP contribution is 2.15. The molecule has 1 amide bonds. The van der Waals surface area contributed by atoms with Crippen LogP contribution in [0.15, 0.2) is 30.3 Å². The predicted molar refractivity (Wildman–Crippen MR) is 90.2 cm³/mol. The Labute approximate surface area is 139 Å². The topological polar surface area (TPSA) is 73.6 Å². The van der Waals surface area contributed by atoms with Gasteiger partial charge in [-0.1, -0.05) is 30.3 Å². The number of halogens is 1. The Bertz CT molecular complexity index is 400. The molecule has 2 atom stereocenters. The Morgan fingerprint density at radius 1 is 1.32 bits per heavy atom. The van der Waals surface area contributed by atoms with E-state index in [1.807, 2.05) is 37.3 Å². The van der Waals surface area contributed by atoms with Gasteiger partial charge in [0.25, 0.3) is 0 Å². The molecule has 0 saturated heterocycles. The molecule has 0 aromatic heterocycles. The van der Waals surface area contributed by atoms with Gasteiger partial charge in [0.1, 0.15) is 0 Å². The second-order valence-electron chi connectivity index (χ2n) is 4.92. The number of rotatable bonds is 10. The van der Waals surface area contributed by atoms with Crippen LogP contribution in [0.25, 0.3) is 0 Å². The lowest BCUT2D eigenvalue weighted by molar-refractivity contribution is -0.123. The van der Waals surface area contributed by atoms with Crippen molar-refractivity contribution in [1.82, 2.24) is 5.32 Å². The molecule has 0 heterocycles. The minimum absolute atomic E-state index is 0. The molecule has 6 heteroatoms.